The van der Waals surface area contributed by atoms with Gasteiger partial charge in [0.05, 0.1) is 7.11 Å². The van der Waals surface area contributed by atoms with Crippen molar-refractivity contribution in [2.75, 3.05) is 13.7 Å². The molecule has 2 rings (SSSR count). The van der Waals surface area contributed by atoms with Gasteiger partial charge in [-0.3, -0.25) is 9.69 Å². The standard InChI is InChI=1S/C18H28N2O5/c1-18(2,3)25-17(23)20-10-9-14(20)16(22)19-13(11-12-5-6-12)7-8-15(21)24-4/h7-8,12-14H,5-6,9-11H2,1-4H3,(H,19,22)/b8-7+/t13-,14+/m1/s1. The van der Waals surface area contributed by atoms with Gasteiger partial charge in [0.1, 0.15) is 11.6 Å². The molecule has 140 valence electrons. The lowest BCUT2D eigenvalue weighted by molar-refractivity contribution is -0.135. The lowest BCUT2D eigenvalue weighted by Crippen LogP contribution is -2.60. The van der Waals surface area contributed by atoms with Crippen molar-refractivity contribution in [2.24, 2.45) is 5.92 Å². The molecule has 0 bridgehead atoms. The summed E-state index contributed by atoms with van der Waals surface area (Å²) in [5, 5.41) is 2.93. The van der Waals surface area contributed by atoms with Crippen LogP contribution in [0.3, 0.4) is 0 Å². The Balaban J connectivity index is 1.91. The third-order valence-corrected chi connectivity index (χ3v) is 4.23. The molecular weight excluding hydrogens is 324 g/mol. The number of carbonyl (C=O) groups is 3. The van der Waals surface area contributed by atoms with Gasteiger partial charge in [-0.05, 0) is 39.5 Å². The smallest absolute Gasteiger partial charge is 0.410 e. The lowest BCUT2D eigenvalue weighted by atomic mass is 10.0. The van der Waals surface area contributed by atoms with E-state index >= 15 is 0 Å². The fourth-order valence-corrected chi connectivity index (χ4v) is 2.64. The molecule has 2 amide bonds. The molecule has 0 aromatic carbocycles. The average Bonchev–Trinajstić information content (AvgIpc) is 3.24. The Bertz CT molecular complexity index is 548. The maximum atomic E-state index is 12.5. The van der Waals surface area contributed by atoms with Crippen molar-refractivity contribution in [1.29, 1.82) is 0 Å². The van der Waals surface area contributed by atoms with Crippen LogP contribution < -0.4 is 5.32 Å². The van der Waals surface area contributed by atoms with Crippen LogP contribution in [-0.2, 0) is 19.1 Å². The minimum Gasteiger partial charge on any atom is -0.466 e. The topological polar surface area (TPSA) is 84.9 Å². The van der Waals surface area contributed by atoms with E-state index in [4.69, 9.17) is 4.74 Å². The van der Waals surface area contributed by atoms with Crippen LogP contribution in [0, 0.1) is 5.92 Å². The molecule has 2 aliphatic rings. The Morgan fingerprint density at radius 1 is 1.24 bits per heavy atom. The molecule has 25 heavy (non-hydrogen) atoms. The quantitative estimate of drug-likeness (QED) is 0.584. The summed E-state index contributed by atoms with van der Waals surface area (Å²) in [5.74, 6) is -0.0812. The van der Waals surface area contributed by atoms with Crippen LogP contribution in [0.1, 0.15) is 46.5 Å². The number of likely N-dealkylation sites (tertiary alicyclic amines) is 1. The second-order valence-electron chi connectivity index (χ2n) is 7.65. The summed E-state index contributed by atoms with van der Waals surface area (Å²) >= 11 is 0. The van der Waals surface area contributed by atoms with Gasteiger partial charge in [-0.15, -0.1) is 0 Å². The molecule has 1 heterocycles. The van der Waals surface area contributed by atoms with Crippen molar-refractivity contribution >= 4 is 18.0 Å². The zero-order chi connectivity index (χ0) is 18.6. The van der Waals surface area contributed by atoms with E-state index in [1.807, 2.05) is 0 Å². The van der Waals surface area contributed by atoms with E-state index in [1.165, 1.54) is 18.1 Å². The molecule has 2 fully saturated rings. The Morgan fingerprint density at radius 2 is 1.92 bits per heavy atom. The van der Waals surface area contributed by atoms with Crippen LogP contribution >= 0.6 is 0 Å². The van der Waals surface area contributed by atoms with E-state index in [9.17, 15) is 14.4 Å². The monoisotopic (exact) mass is 352 g/mol. The van der Waals surface area contributed by atoms with Crippen molar-refractivity contribution in [3.63, 3.8) is 0 Å². The molecule has 2 atom stereocenters. The molecular formula is C18H28N2O5. The average molecular weight is 352 g/mol. The Labute approximate surface area is 148 Å². The predicted octanol–water partition coefficient (Wildman–Crippen LogP) is 2.01. The van der Waals surface area contributed by atoms with Crippen molar-refractivity contribution in [3.8, 4) is 0 Å². The number of nitrogens with zero attached hydrogens (tertiary/aromatic N) is 1. The van der Waals surface area contributed by atoms with Gasteiger partial charge in [-0.2, -0.15) is 0 Å². The second-order valence-corrected chi connectivity index (χ2v) is 7.65. The molecule has 0 radical (unpaired) electrons. The van der Waals surface area contributed by atoms with Crippen LogP contribution in [-0.4, -0.2) is 54.2 Å². The Morgan fingerprint density at radius 3 is 2.40 bits per heavy atom. The van der Waals surface area contributed by atoms with Gasteiger partial charge < -0.3 is 14.8 Å². The molecule has 1 N–H and O–H groups in total. The van der Waals surface area contributed by atoms with Gasteiger partial charge in [0, 0.05) is 18.7 Å². The van der Waals surface area contributed by atoms with Crippen LogP contribution in [0.25, 0.3) is 0 Å². The second kappa shape index (κ2) is 7.89. The number of hydrogen-bond donors (Lipinski definition) is 1. The molecule has 1 aliphatic carbocycles. The van der Waals surface area contributed by atoms with Gasteiger partial charge in [-0.1, -0.05) is 18.9 Å². The number of ether oxygens (including phenoxy) is 2. The maximum absolute atomic E-state index is 12.5. The zero-order valence-electron chi connectivity index (χ0n) is 15.4. The summed E-state index contributed by atoms with van der Waals surface area (Å²) in [6, 6.07) is -0.747. The number of hydrogen-bond acceptors (Lipinski definition) is 5. The molecule has 0 spiro atoms. The molecule has 7 nitrogen and oxygen atoms in total. The maximum Gasteiger partial charge on any atom is 0.410 e. The molecule has 0 unspecified atom stereocenters. The van der Waals surface area contributed by atoms with Gasteiger partial charge in [0.25, 0.3) is 0 Å². The van der Waals surface area contributed by atoms with Crippen LogP contribution in [0.15, 0.2) is 12.2 Å². The first-order valence-corrected chi connectivity index (χ1v) is 8.75. The van der Waals surface area contributed by atoms with Crippen molar-refractivity contribution in [1.82, 2.24) is 10.2 Å². The Kier molecular flexibility index (Phi) is 6.08. The van der Waals surface area contributed by atoms with Gasteiger partial charge in [-0.25, -0.2) is 9.59 Å². The van der Waals surface area contributed by atoms with Gasteiger partial charge in [0.2, 0.25) is 5.91 Å². The molecule has 7 heteroatoms. The molecule has 1 saturated heterocycles. The van der Waals surface area contributed by atoms with Gasteiger partial charge >= 0.3 is 12.1 Å². The summed E-state index contributed by atoms with van der Waals surface area (Å²) in [5.41, 5.74) is -0.592. The largest absolute Gasteiger partial charge is 0.466 e. The molecule has 1 saturated carbocycles. The van der Waals surface area contributed by atoms with E-state index in [0.717, 1.165) is 19.3 Å². The van der Waals surface area contributed by atoms with Crippen LogP contribution in [0.2, 0.25) is 0 Å². The van der Waals surface area contributed by atoms with Gasteiger partial charge in [0.15, 0.2) is 0 Å². The predicted molar refractivity (Wildman–Crippen MR) is 91.8 cm³/mol. The minimum absolute atomic E-state index is 0.211. The summed E-state index contributed by atoms with van der Waals surface area (Å²) in [4.78, 5) is 37.4. The van der Waals surface area contributed by atoms with E-state index in [-0.39, 0.29) is 11.9 Å². The van der Waals surface area contributed by atoms with Crippen molar-refractivity contribution < 1.29 is 23.9 Å². The molecule has 0 aromatic rings. The highest BCUT2D eigenvalue weighted by molar-refractivity contribution is 5.88. The summed E-state index contributed by atoms with van der Waals surface area (Å²) < 4.78 is 9.92. The first-order valence-electron chi connectivity index (χ1n) is 8.75. The fraction of sp³-hybridized carbons (Fsp3) is 0.722. The number of methoxy groups -OCH3 is 1. The highest BCUT2D eigenvalue weighted by Crippen LogP contribution is 2.34. The fourth-order valence-electron chi connectivity index (χ4n) is 2.64. The Hall–Kier alpha value is -2.05. The van der Waals surface area contributed by atoms with E-state index < -0.39 is 23.7 Å². The molecule has 0 aromatic heterocycles. The first-order chi connectivity index (χ1) is 11.7. The van der Waals surface area contributed by atoms with Crippen LogP contribution in [0.4, 0.5) is 4.79 Å². The summed E-state index contributed by atoms with van der Waals surface area (Å²) in [6.07, 6.45) is 6.22. The van der Waals surface area contributed by atoms with E-state index in [2.05, 4.69) is 10.1 Å². The third-order valence-electron chi connectivity index (χ3n) is 4.23. The van der Waals surface area contributed by atoms with Crippen molar-refractivity contribution in [2.45, 2.75) is 64.1 Å². The number of rotatable bonds is 6. The summed E-state index contributed by atoms with van der Waals surface area (Å²) in [6.45, 7) is 5.90. The normalized spacial score (nSPS) is 21.4. The number of carbonyl (C=O) groups excluding carboxylic acids is 3. The molecule has 1 aliphatic heterocycles. The number of nitrogens with one attached hydrogen (secondary N) is 1. The SMILES string of the molecule is COC(=O)/C=C/[C@H](CC1CC1)NC(=O)[C@@H]1CCN1C(=O)OC(C)(C)C. The van der Waals surface area contributed by atoms with E-state index in [1.54, 1.807) is 26.8 Å². The highest BCUT2D eigenvalue weighted by Gasteiger charge is 2.40. The number of esters is 1. The third kappa shape index (κ3) is 6.07. The number of amides is 2. The minimum atomic E-state index is -0.592. The highest BCUT2D eigenvalue weighted by atomic mass is 16.6. The first kappa shape index (κ1) is 19.3. The lowest BCUT2D eigenvalue weighted by Gasteiger charge is -2.40. The van der Waals surface area contributed by atoms with Crippen molar-refractivity contribution in [3.05, 3.63) is 12.2 Å². The summed E-state index contributed by atoms with van der Waals surface area (Å²) in [7, 11) is 1.31. The van der Waals surface area contributed by atoms with E-state index in [0.29, 0.717) is 18.9 Å². The zero-order valence-corrected chi connectivity index (χ0v) is 15.4. The van der Waals surface area contributed by atoms with Crippen LogP contribution in [0.5, 0.6) is 0 Å².